The molecular weight excluding hydrogens is 404 g/mol. The topological polar surface area (TPSA) is 0 Å². The first kappa shape index (κ1) is 40.7. The molecule has 0 aliphatic carbocycles. The van der Waals surface area contributed by atoms with Gasteiger partial charge in [0.05, 0.1) is 0 Å². The normalized spacial score (nSPS) is 0. The van der Waals surface area contributed by atoms with Gasteiger partial charge in [-0.1, -0.05) is 0 Å². The maximum absolute atomic E-state index is 0. The molecular formula is CdInSSeZn+7. The van der Waals surface area contributed by atoms with Crippen LogP contribution in [0.15, 0.2) is 0 Å². The Morgan fingerprint density at radius 3 is 1.00 bits per heavy atom. The molecule has 0 aromatic rings. The SMILES string of the molecule is [Cd+2].[In+3].[S+2].[Se-2].[Zn+2]. The Kier molecular flexibility index (Phi) is 217. The molecule has 0 heterocycles. The van der Waals surface area contributed by atoms with Gasteiger partial charge in [0.15, 0.2) is 0 Å². The molecule has 0 N–H and O–H groups in total. The van der Waals surface area contributed by atoms with Gasteiger partial charge in [-0.15, -0.1) is 0 Å². The fourth-order valence-electron chi connectivity index (χ4n) is 0. The summed E-state index contributed by atoms with van der Waals surface area (Å²) in [7, 11) is 0. The zero-order chi connectivity index (χ0) is 0. The molecule has 0 aliphatic heterocycles. The molecule has 0 aromatic carbocycles. The van der Waals surface area contributed by atoms with E-state index in [-0.39, 0.29) is 103 Å². The standard InChI is InChI=1S/Cd.In.S.Se.Zn/q+2;+3;+2;-2;+2. The van der Waals surface area contributed by atoms with Gasteiger partial charge in [0.25, 0.3) is 0 Å². The van der Waals surface area contributed by atoms with Gasteiger partial charge in [0.2, 0.25) is 0 Å². The van der Waals surface area contributed by atoms with Gasteiger partial charge in [0.1, 0.15) is 0 Å². The molecule has 0 aliphatic rings. The van der Waals surface area contributed by atoms with Crippen LogP contribution in [0.2, 0.25) is 0 Å². The summed E-state index contributed by atoms with van der Waals surface area (Å²) in [6, 6.07) is 0. The van der Waals surface area contributed by atoms with Crippen LogP contribution in [0.5, 0.6) is 0 Å². The summed E-state index contributed by atoms with van der Waals surface area (Å²) in [5.41, 5.74) is 0. The first-order valence-electron chi connectivity index (χ1n) is 0. The summed E-state index contributed by atoms with van der Waals surface area (Å²) < 4.78 is 0. The van der Waals surface area contributed by atoms with Crippen molar-refractivity contribution in [2.24, 2.45) is 0 Å². The quantitative estimate of drug-likeness (QED) is 0.466. The Labute approximate surface area is 101 Å². The molecule has 0 bridgehead atoms. The fourth-order valence-corrected chi connectivity index (χ4v) is 0. The number of hydrogen-bond donors (Lipinski definition) is 0. The summed E-state index contributed by atoms with van der Waals surface area (Å²) in [6.07, 6.45) is 0. The van der Waals surface area contributed by atoms with E-state index < -0.39 is 0 Å². The van der Waals surface area contributed by atoms with Gasteiger partial charge in [-0.3, -0.25) is 0 Å². The summed E-state index contributed by atoms with van der Waals surface area (Å²) in [5.74, 6) is 0. The van der Waals surface area contributed by atoms with Crippen molar-refractivity contribution in [2.75, 3.05) is 0 Å². The summed E-state index contributed by atoms with van der Waals surface area (Å²) in [5, 5.41) is 0. The van der Waals surface area contributed by atoms with Crippen molar-refractivity contribution in [3.05, 3.63) is 0 Å². The van der Waals surface area contributed by atoms with E-state index in [1.807, 2.05) is 0 Å². The number of rotatable bonds is 0. The Hall–Kier alpha value is 3.29. The Morgan fingerprint density at radius 2 is 1.00 bits per heavy atom. The van der Waals surface area contributed by atoms with E-state index in [2.05, 4.69) is 0 Å². The minimum absolute atomic E-state index is 0. The molecule has 0 saturated heterocycles. The van der Waals surface area contributed by atoms with Crippen LogP contribution in [-0.4, -0.2) is 42.9 Å². The van der Waals surface area contributed by atoms with Crippen LogP contribution in [0.3, 0.4) is 0 Å². The summed E-state index contributed by atoms with van der Waals surface area (Å²) >= 11 is 0. The maximum Gasteiger partial charge on any atom is 3.00 e. The molecule has 0 amide bonds. The molecule has 0 saturated carbocycles. The molecule has 5 heavy (non-hydrogen) atoms. The zero-order valence-electron chi connectivity index (χ0n) is 2.81. The molecule has 4 radical (unpaired) electrons. The van der Waals surface area contributed by atoms with Crippen molar-refractivity contribution in [3.8, 4) is 0 Å². The van der Waals surface area contributed by atoms with Gasteiger partial charge in [0, 0.05) is 0 Å². The van der Waals surface area contributed by atoms with Crippen LogP contribution in [0, 0.1) is 0 Å². The maximum atomic E-state index is 0. The molecule has 0 atom stereocenters. The molecule has 0 unspecified atom stereocenters. The van der Waals surface area contributed by atoms with Gasteiger partial charge in [-0.2, -0.15) is 0 Å². The predicted octanol–water partition coefficient (Wildman–Crippen LogP) is -0.769. The van der Waals surface area contributed by atoms with E-state index in [9.17, 15) is 0 Å². The van der Waals surface area contributed by atoms with Gasteiger partial charge < -0.3 is 17.1 Å². The van der Waals surface area contributed by atoms with Crippen molar-refractivity contribution in [1.82, 2.24) is 0 Å². The third kappa shape index (κ3) is 18.9. The first-order chi connectivity index (χ1) is 0. The van der Waals surface area contributed by atoms with Crippen LogP contribution >= 0.6 is 0 Å². The average Bonchev–Trinajstić information content (AvgIpc) is 0. The van der Waals surface area contributed by atoms with Crippen LogP contribution in [0.25, 0.3) is 0 Å². The molecule has 0 rings (SSSR count). The third-order valence-electron chi connectivity index (χ3n) is 0. The van der Waals surface area contributed by atoms with Gasteiger partial charge in [-0.25, -0.2) is 0 Å². The first-order valence-corrected chi connectivity index (χ1v) is 0. The second kappa shape index (κ2) is 26.7. The van der Waals surface area contributed by atoms with Crippen LogP contribution in [0.4, 0.5) is 0 Å². The second-order valence-corrected chi connectivity index (χ2v) is 0. The van der Waals surface area contributed by atoms with Gasteiger partial charge in [-0.05, 0) is 0 Å². The van der Waals surface area contributed by atoms with Crippen molar-refractivity contribution < 1.29 is 46.8 Å². The smallest absolute Gasteiger partial charge is 2.00 e. The van der Waals surface area contributed by atoms with Crippen molar-refractivity contribution in [2.45, 2.75) is 0 Å². The molecule has 0 aromatic heterocycles. The van der Waals surface area contributed by atoms with E-state index in [1.165, 1.54) is 0 Å². The molecule has 5 heteroatoms. The van der Waals surface area contributed by atoms with Crippen molar-refractivity contribution in [1.29, 1.82) is 0 Å². The van der Waals surface area contributed by atoms with Crippen molar-refractivity contribution >= 4 is 56.4 Å². The Balaban J connectivity index is 0. The minimum atomic E-state index is 0. The van der Waals surface area contributed by atoms with E-state index in [1.54, 1.807) is 0 Å². The summed E-state index contributed by atoms with van der Waals surface area (Å²) in [4.78, 5) is 0. The van der Waals surface area contributed by atoms with Crippen LogP contribution in [0.1, 0.15) is 0 Å². The third-order valence-corrected chi connectivity index (χ3v) is 0. The minimum Gasteiger partial charge on any atom is -2.00 e. The predicted molar refractivity (Wildman–Crippen MR) is 18.9 cm³/mol. The Morgan fingerprint density at radius 1 is 1.00 bits per heavy atom. The summed E-state index contributed by atoms with van der Waals surface area (Å²) in [6.45, 7) is 0. The monoisotopic (exact) mass is 405 g/mol. The van der Waals surface area contributed by atoms with E-state index in [0.29, 0.717) is 0 Å². The zero-order valence-corrected chi connectivity index (χ0v) is 15.6. The van der Waals surface area contributed by atoms with Crippen molar-refractivity contribution in [3.63, 3.8) is 0 Å². The molecule has 0 spiro atoms. The molecule has 0 fully saturated rings. The van der Waals surface area contributed by atoms with E-state index in [0.717, 1.165) is 0 Å². The molecule has 0 nitrogen and oxygen atoms in total. The van der Waals surface area contributed by atoms with Crippen LogP contribution in [-0.2, 0) is 60.3 Å². The fraction of sp³-hybridized carbons (Fsp3) is 0. The number of hydrogen-bond acceptors (Lipinski definition) is 0. The Bertz CT molecular complexity index is 11.6. The van der Waals surface area contributed by atoms with E-state index in [4.69, 9.17) is 0 Å². The molecule has 12 valence electrons. The van der Waals surface area contributed by atoms with Crippen LogP contribution < -0.4 is 0 Å². The average molecular weight is 404 g/mol. The largest absolute Gasteiger partial charge is 3.00 e. The van der Waals surface area contributed by atoms with E-state index >= 15 is 0 Å². The van der Waals surface area contributed by atoms with Gasteiger partial charge >= 0.3 is 86.1 Å². The second-order valence-electron chi connectivity index (χ2n) is 0.